The van der Waals surface area contributed by atoms with Gasteiger partial charge in [0.05, 0.1) is 16.6 Å². The van der Waals surface area contributed by atoms with Gasteiger partial charge < -0.3 is 5.32 Å². The molecule has 6 heteroatoms. The van der Waals surface area contributed by atoms with E-state index in [1.165, 1.54) is 17.3 Å². The molecule has 0 saturated carbocycles. The summed E-state index contributed by atoms with van der Waals surface area (Å²) in [4.78, 5) is 24.7. The maximum atomic E-state index is 12.6. The van der Waals surface area contributed by atoms with Crippen LogP contribution in [0.2, 0.25) is 0 Å². The fourth-order valence-electron chi connectivity index (χ4n) is 2.76. The molecule has 0 bridgehead atoms. The van der Waals surface area contributed by atoms with Crippen molar-refractivity contribution in [1.82, 2.24) is 9.78 Å². The van der Waals surface area contributed by atoms with Crippen LogP contribution in [-0.4, -0.2) is 21.4 Å². The van der Waals surface area contributed by atoms with E-state index in [-0.39, 0.29) is 22.8 Å². The number of nitrogens with zero attached hydrogens (tertiary/aromatic N) is 1. The van der Waals surface area contributed by atoms with Crippen molar-refractivity contribution in [3.63, 3.8) is 0 Å². The zero-order valence-electron chi connectivity index (χ0n) is 13.6. The molecule has 2 heterocycles. The Morgan fingerprint density at radius 3 is 2.65 bits per heavy atom. The number of hydrogen-bond donors (Lipinski definition) is 2. The molecule has 0 saturated heterocycles. The van der Waals surface area contributed by atoms with E-state index in [1.54, 1.807) is 4.68 Å². The number of fused-ring (bicyclic) bond motifs is 1. The van der Waals surface area contributed by atoms with Crippen molar-refractivity contribution >= 4 is 23.5 Å². The molecule has 23 heavy (non-hydrogen) atoms. The van der Waals surface area contributed by atoms with Gasteiger partial charge in [-0.05, 0) is 25.8 Å². The van der Waals surface area contributed by atoms with Crippen molar-refractivity contribution in [1.29, 1.82) is 0 Å². The van der Waals surface area contributed by atoms with E-state index in [9.17, 15) is 9.59 Å². The molecular formula is C17H21N3O2S. The van der Waals surface area contributed by atoms with Gasteiger partial charge in [0.2, 0.25) is 5.91 Å². The Balaban J connectivity index is 2.15. The van der Waals surface area contributed by atoms with Gasteiger partial charge in [0.25, 0.3) is 5.56 Å². The highest BCUT2D eigenvalue weighted by atomic mass is 32.2. The molecule has 0 spiro atoms. The second-order valence-electron chi connectivity index (χ2n) is 5.98. The van der Waals surface area contributed by atoms with E-state index in [2.05, 4.69) is 17.3 Å². The monoisotopic (exact) mass is 331 g/mol. The number of amides is 1. The average molecular weight is 331 g/mol. The minimum absolute atomic E-state index is 0.0677. The summed E-state index contributed by atoms with van der Waals surface area (Å²) < 4.78 is 1.79. The van der Waals surface area contributed by atoms with Gasteiger partial charge in [-0.15, -0.1) is 11.8 Å². The largest absolute Gasteiger partial charge is 0.310 e. The number of benzene rings is 1. The summed E-state index contributed by atoms with van der Waals surface area (Å²) in [5, 5.41) is 5.67. The van der Waals surface area contributed by atoms with Gasteiger partial charge in [-0.3, -0.25) is 19.4 Å². The van der Waals surface area contributed by atoms with Gasteiger partial charge in [0, 0.05) is 6.04 Å². The number of aromatic nitrogens is 2. The first-order valence-corrected chi connectivity index (χ1v) is 8.88. The van der Waals surface area contributed by atoms with Crippen LogP contribution in [0.3, 0.4) is 0 Å². The lowest BCUT2D eigenvalue weighted by molar-refractivity contribution is -0.113. The Morgan fingerprint density at radius 1 is 1.30 bits per heavy atom. The Kier molecular flexibility index (Phi) is 4.35. The summed E-state index contributed by atoms with van der Waals surface area (Å²) >= 11 is 1.50. The minimum Gasteiger partial charge on any atom is -0.310 e. The van der Waals surface area contributed by atoms with Crippen LogP contribution in [0.25, 0.3) is 0 Å². The molecule has 0 unspecified atom stereocenters. The van der Waals surface area contributed by atoms with Gasteiger partial charge >= 0.3 is 0 Å². The maximum Gasteiger partial charge on any atom is 0.270 e. The first-order chi connectivity index (χ1) is 11.0. The molecular weight excluding hydrogens is 310 g/mol. The number of carbonyl (C=O) groups is 1. The molecule has 1 aliphatic heterocycles. The zero-order valence-corrected chi connectivity index (χ0v) is 14.4. The Morgan fingerprint density at radius 2 is 2.00 bits per heavy atom. The lowest BCUT2D eigenvalue weighted by atomic mass is 10.0. The van der Waals surface area contributed by atoms with Gasteiger partial charge in [-0.1, -0.05) is 36.8 Å². The number of rotatable bonds is 3. The van der Waals surface area contributed by atoms with Crippen molar-refractivity contribution in [2.45, 2.75) is 38.5 Å². The third-order valence-electron chi connectivity index (χ3n) is 4.28. The second kappa shape index (κ2) is 6.28. The normalized spacial score (nSPS) is 18.9. The summed E-state index contributed by atoms with van der Waals surface area (Å²) in [6.07, 6.45) is 0.870. The summed E-state index contributed by atoms with van der Waals surface area (Å²) in [7, 11) is 0. The van der Waals surface area contributed by atoms with E-state index < -0.39 is 0 Å². The standard InChI is InChI=1S/C17H21N3O2S/c1-4-11(3)20-16-14(17(22)19-20)15(23-9-13(21)18-16)12-7-5-10(2)6-8-12/h5-8,11,15H,4,9H2,1-3H3,(H,18,21)(H,19,22)/t11-,15+/m0/s1. The lowest BCUT2D eigenvalue weighted by Gasteiger charge is -2.16. The molecule has 5 nitrogen and oxygen atoms in total. The third kappa shape index (κ3) is 2.95. The molecule has 1 aromatic carbocycles. The van der Waals surface area contributed by atoms with Crippen LogP contribution in [0.5, 0.6) is 0 Å². The number of thioether (sulfide) groups is 1. The fourth-order valence-corrected chi connectivity index (χ4v) is 3.89. The van der Waals surface area contributed by atoms with Crippen molar-refractivity contribution < 1.29 is 4.79 Å². The van der Waals surface area contributed by atoms with Gasteiger partial charge in [-0.25, -0.2) is 0 Å². The molecule has 122 valence electrons. The SMILES string of the molecule is CC[C@H](C)n1[nH]c(=O)c2c1NC(=O)CS[C@@H]2c1ccc(C)cc1. The first-order valence-electron chi connectivity index (χ1n) is 7.83. The summed E-state index contributed by atoms with van der Waals surface area (Å²) in [6.45, 7) is 6.12. The van der Waals surface area contributed by atoms with Crippen LogP contribution >= 0.6 is 11.8 Å². The van der Waals surface area contributed by atoms with Gasteiger partial charge in [-0.2, -0.15) is 0 Å². The first kappa shape index (κ1) is 15.9. The fraction of sp³-hybridized carbons (Fsp3) is 0.412. The van der Waals surface area contributed by atoms with E-state index in [1.807, 2.05) is 38.1 Å². The summed E-state index contributed by atoms with van der Waals surface area (Å²) in [5.41, 5.74) is 2.74. The molecule has 0 fully saturated rings. The number of aryl methyl sites for hydroxylation is 1. The number of hydrogen-bond acceptors (Lipinski definition) is 3. The molecule has 0 radical (unpaired) electrons. The van der Waals surface area contributed by atoms with Crippen LogP contribution in [0.1, 0.15) is 48.3 Å². The number of aromatic amines is 1. The number of H-pyrrole nitrogens is 1. The minimum atomic E-state index is -0.140. The van der Waals surface area contributed by atoms with Gasteiger partial charge in [0.1, 0.15) is 5.82 Å². The van der Waals surface area contributed by atoms with E-state index in [0.717, 1.165) is 12.0 Å². The summed E-state index contributed by atoms with van der Waals surface area (Å²) in [5.74, 6) is 0.888. The molecule has 3 rings (SSSR count). The molecule has 2 N–H and O–H groups in total. The maximum absolute atomic E-state index is 12.6. The van der Waals surface area contributed by atoms with Crippen molar-refractivity contribution in [3.05, 3.63) is 51.3 Å². The molecule has 0 aliphatic carbocycles. The van der Waals surface area contributed by atoms with Crippen LogP contribution < -0.4 is 10.9 Å². The molecule has 2 aromatic rings. The van der Waals surface area contributed by atoms with Crippen molar-refractivity contribution in [3.8, 4) is 0 Å². The quantitative estimate of drug-likeness (QED) is 0.907. The average Bonchev–Trinajstić information content (AvgIpc) is 2.74. The highest BCUT2D eigenvalue weighted by molar-refractivity contribution is 8.00. The van der Waals surface area contributed by atoms with Crippen molar-refractivity contribution in [2.24, 2.45) is 0 Å². The number of anilines is 1. The highest BCUT2D eigenvalue weighted by Crippen LogP contribution is 2.40. The Bertz CT molecular complexity index is 776. The molecule has 1 aliphatic rings. The topological polar surface area (TPSA) is 66.9 Å². The highest BCUT2D eigenvalue weighted by Gasteiger charge is 2.31. The number of nitrogens with one attached hydrogen (secondary N) is 2. The summed E-state index contributed by atoms with van der Waals surface area (Å²) in [6, 6.07) is 8.26. The van der Waals surface area contributed by atoms with Gasteiger partial charge in [0.15, 0.2) is 0 Å². The van der Waals surface area contributed by atoms with Crippen LogP contribution in [0.4, 0.5) is 5.82 Å². The van der Waals surface area contributed by atoms with Crippen molar-refractivity contribution in [2.75, 3.05) is 11.1 Å². The molecule has 1 amide bonds. The Hall–Kier alpha value is -1.95. The predicted octanol–water partition coefficient (Wildman–Crippen LogP) is 3.23. The predicted molar refractivity (Wildman–Crippen MR) is 94.2 cm³/mol. The smallest absolute Gasteiger partial charge is 0.270 e. The Labute approximate surface area is 139 Å². The molecule has 1 aromatic heterocycles. The van der Waals surface area contributed by atoms with E-state index >= 15 is 0 Å². The number of carbonyl (C=O) groups excluding carboxylic acids is 1. The second-order valence-corrected chi connectivity index (χ2v) is 7.07. The van der Waals surface area contributed by atoms with E-state index in [0.29, 0.717) is 17.1 Å². The van der Waals surface area contributed by atoms with Crippen LogP contribution in [0, 0.1) is 6.92 Å². The zero-order chi connectivity index (χ0) is 16.6. The lowest BCUT2D eigenvalue weighted by Crippen LogP contribution is -2.18. The molecule has 2 atom stereocenters. The van der Waals surface area contributed by atoms with Crippen LogP contribution in [0.15, 0.2) is 29.1 Å². The van der Waals surface area contributed by atoms with Crippen LogP contribution in [-0.2, 0) is 4.79 Å². The van der Waals surface area contributed by atoms with E-state index in [4.69, 9.17) is 0 Å². The third-order valence-corrected chi connectivity index (χ3v) is 5.55.